The highest BCUT2D eigenvalue weighted by Gasteiger charge is 1.77. The lowest BCUT2D eigenvalue weighted by molar-refractivity contribution is 0.839. The van der Waals surface area contributed by atoms with Crippen molar-refractivity contribution in [1.82, 2.24) is 0 Å². The molecule has 0 aromatic rings. The average molecular weight is 97.2 g/mol. The van der Waals surface area contributed by atoms with Crippen LogP contribution in [0.25, 0.3) is 0 Å². The molecular formula is C6H11N. The molecule has 0 N–H and O–H groups in total. The Hall–Kier alpha value is -0.550. The first kappa shape index (κ1) is 6.45. The van der Waals surface area contributed by atoms with Gasteiger partial charge in [-0.25, -0.2) is 4.99 Å². The van der Waals surface area contributed by atoms with Crippen LogP contribution in [0, 0.1) is 5.92 Å². The maximum atomic E-state index is 3.67. The van der Waals surface area contributed by atoms with E-state index in [1.165, 1.54) is 0 Å². The van der Waals surface area contributed by atoms with Gasteiger partial charge >= 0.3 is 0 Å². The normalized spacial score (nSPS) is 8.00. The van der Waals surface area contributed by atoms with Gasteiger partial charge in [-0.2, -0.15) is 0 Å². The molecule has 0 aromatic carbocycles. The number of allylic oxidation sites excluding steroid dienone is 1. The summed E-state index contributed by atoms with van der Waals surface area (Å²) in [5.74, 6) is 3.32. The third-order valence-corrected chi connectivity index (χ3v) is 0.537. The Kier molecular flexibility index (Phi) is 3.35. The Morgan fingerprint density at radius 3 is 2.29 bits per heavy atom. The summed E-state index contributed by atoms with van der Waals surface area (Å²) >= 11 is 0. The fourth-order valence-corrected chi connectivity index (χ4v) is 0.224. The van der Waals surface area contributed by atoms with Gasteiger partial charge in [-0.15, -0.1) is 0 Å². The molecule has 0 fully saturated rings. The van der Waals surface area contributed by atoms with Crippen molar-refractivity contribution in [2.24, 2.45) is 10.9 Å². The van der Waals surface area contributed by atoms with E-state index in [-0.39, 0.29) is 0 Å². The van der Waals surface area contributed by atoms with Crippen molar-refractivity contribution in [2.45, 2.75) is 13.8 Å². The molecule has 0 saturated carbocycles. The minimum atomic E-state index is 0.573. The highest BCUT2D eigenvalue weighted by molar-refractivity contribution is 5.51. The molecule has 0 rings (SSSR count). The van der Waals surface area contributed by atoms with E-state index in [9.17, 15) is 0 Å². The van der Waals surface area contributed by atoms with E-state index < -0.39 is 0 Å². The third-order valence-electron chi connectivity index (χ3n) is 0.537. The average Bonchev–Trinajstić information content (AvgIpc) is 1.61. The van der Waals surface area contributed by atoms with Crippen molar-refractivity contribution >= 4 is 5.87 Å². The highest BCUT2D eigenvalue weighted by Crippen LogP contribution is 1.87. The summed E-state index contributed by atoms with van der Waals surface area (Å²) in [6.45, 7) is 4.19. The lowest BCUT2D eigenvalue weighted by atomic mass is 10.2. The Bertz CT molecular complexity index is 86.4. The van der Waals surface area contributed by atoms with Gasteiger partial charge in [0, 0.05) is 7.05 Å². The molecule has 40 valence electrons. The quantitative estimate of drug-likeness (QED) is 0.440. The Morgan fingerprint density at radius 1 is 1.57 bits per heavy atom. The Morgan fingerprint density at radius 2 is 2.14 bits per heavy atom. The molecule has 0 atom stereocenters. The highest BCUT2D eigenvalue weighted by atomic mass is 14.6. The maximum Gasteiger partial charge on any atom is 0.0372 e. The van der Waals surface area contributed by atoms with Crippen LogP contribution in [-0.4, -0.2) is 12.9 Å². The summed E-state index contributed by atoms with van der Waals surface area (Å²) in [5, 5.41) is 0. The molecule has 0 heterocycles. The molecule has 0 radical (unpaired) electrons. The Labute approximate surface area is 44.8 Å². The first-order chi connectivity index (χ1) is 3.27. The van der Waals surface area contributed by atoms with E-state index in [0.717, 1.165) is 0 Å². The van der Waals surface area contributed by atoms with Crippen LogP contribution in [0.2, 0.25) is 0 Å². The first-order valence-electron chi connectivity index (χ1n) is 2.45. The van der Waals surface area contributed by atoms with Crippen molar-refractivity contribution in [3.05, 3.63) is 6.08 Å². The predicted molar refractivity (Wildman–Crippen MR) is 32.8 cm³/mol. The minimum Gasteiger partial charge on any atom is -0.247 e. The van der Waals surface area contributed by atoms with Crippen molar-refractivity contribution in [2.75, 3.05) is 7.05 Å². The topological polar surface area (TPSA) is 12.4 Å². The molecule has 0 unspecified atom stereocenters. The van der Waals surface area contributed by atoms with E-state index in [4.69, 9.17) is 0 Å². The number of rotatable bonds is 1. The number of aliphatic imine (C=N–C) groups is 1. The van der Waals surface area contributed by atoms with Gasteiger partial charge in [-0.1, -0.05) is 13.8 Å². The van der Waals surface area contributed by atoms with E-state index >= 15 is 0 Å². The molecule has 1 heteroatoms. The van der Waals surface area contributed by atoms with E-state index in [1.807, 2.05) is 6.08 Å². The number of hydrogen-bond acceptors (Lipinski definition) is 1. The molecule has 0 aliphatic carbocycles. The second-order valence-electron chi connectivity index (χ2n) is 1.76. The van der Waals surface area contributed by atoms with Crippen LogP contribution in [0.1, 0.15) is 13.8 Å². The lowest BCUT2D eigenvalue weighted by Gasteiger charge is -1.84. The summed E-state index contributed by atoms with van der Waals surface area (Å²) in [6.07, 6.45) is 1.93. The van der Waals surface area contributed by atoms with E-state index in [1.54, 1.807) is 7.05 Å². The Balaban J connectivity index is 3.46. The third kappa shape index (κ3) is 5.45. The van der Waals surface area contributed by atoms with Gasteiger partial charge in [0.2, 0.25) is 0 Å². The fraction of sp³-hybridized carbons (Fsp3) is 0.667. The summed E-state index contributed by atoms with van der Waals surface area (Å²) in [5.41, 5.74) is 0. The molecule has 7 heavy (non-hydrogen) atoms. The summed E-state index contributed by atoms with van der Waals surface area (Å²) in [4.78, 5) is 3.67. The zero-order valence-electron chi connectivity index (χ0n) is 5.10. The molecule has 0 spiro atoms. The van der Waals surface area contributed by atoms with Gasteiger partial charge in [-0.3, -0.25) is 0 Å². The van der Waals surface area contributed by atoms with Crippen LogP contribution in [0.3, 0.4) is 0 Å². The van der Waals surface area contributed by atoms with Crippen LogP contribution >= 0.6 is 0 Å². The summed E-state index contributed by atoms with van der Waals surface area (Å²) in [6, 6.07) is 0. The van der Waals surface area contributed by atoms with Gasteiger partial charge in [-0.05, 0) is 17.9 Å². The van der Waals surface area contributed by atoms with Crippen molar-refractivity contribution in [1.29, 1.82) is 0 Å². The van der Waals surface area contributed by atoms with Gasteiger partial charge in [0.1, 0.15) is 0 Å². The van der Waals surface area contributed by atoms with Gasteiger partial charge in [0.05, 0.1) is 0 Å². The maximum absolute atomic E-state index is 3.67. The second-order valence-corrected chi connectivity index (χ2v) is 1.76. The largest absolute Gasteiger partial charge is 0.247 e. The van der Waals surface area contributed by atoms with Crippen LogP contribution in [0.4, 0.5) is 0 Å². The van der Waals surface area contributed by atoms with Crippen LogP contribution < -0.4 is 0 Å². The van der Waals surface area contributed by atoms with Crippen LogP contribution in [0.5, 0.6) is 0 Å². The molecule has 0 aliphatic heterocycles. The van der Waals surface area contributed by atoms with Gasteiger partial charge < -0.3 is 0 Å². The fourth-order valence-electron chi connectivity index (χ4n) is 0.224. The summed E-state index contributed by atoms with van der Waals surface area (Å²) < 4.78 is 0. The second kappa shape index (κ2) is 3.63. The van der Waals surface area contributed by atoms with E-state index in [2.05, 4.69) is 24.7 Å². The molecule has 0 aromatic heterocycles. The molecular weight excluding hydrogens is 86.1 g/mol. The lowest BCUT2D eigenvalue weighted by Crippen LogP contribution is -1.75. The minimum absolute atomic E-state index is 0.573. The van der Waals surface area contributed by atoms with Crippen molar-refractivity contribution < 1.29 is 0 Å². The van der Waals surface area contributed by atoms with Gasteiger partial charge in [0.25, 0.3) is 0 Å². The summed E-state index contributed by atoms with van der Waals surface area (Å²) in [7, 11) is 1.72. The molecule has 0 aliphatic rings. The predicted octanol–water partition coefficient (Wildman–Crippen LogP) is 1.50. The smallest absolute Gasteiger partial charge is 0.0372 e. The zero-order valence-corrected chi connectivity index (χ0v) is 5.10. The molecule has 0 amide bonds. The number of hydrogen-bond donors (Lipinski definition) is 0. The molecule has 1 nitrogen and oxygen atoms in total. The first-order valence-corrected chi connectivity index (χ1v) is 2.45. The standard InChI is InChI=1S/C6H11N/c1-6(2)4-5-7-3/h4,6H,1-3H3. The van der Waals surface area contributed by atoms with E-state index in [0.29, 0.717) is 5.92 Å². The monoisotopic (exact) mass is 97.1 g/mol. The molecule has 0 bridgehead atoms. The SMILES string of the molecule is CN=C=CC(C)C. The zero-order chi connectivity index (χ0) is 5.70. The van der Waals surface area contributed by atoms with Crippen molar-refractivity contribution in [3.63, 3.8) is 0 Å². The van der Waals surface area contributed by atoms with Crippen molar-refractivity contribution in [3.8, 4) is 0 Å². The number of nitrogens with zero attached hydrogens (tertiary/aromatic N) is 1. The van der Waals surface area contributed by atoms with Gasteiger partial charge in [0.15, 0.2) is 0 Å². The van der Waals surface area contributed by atoms with Crippen LogP contribution in [-0.2, 0) is 0 Å². The molecule has 0 saturated heterocycles. The van der Waals surface area contributed by atoms with Crippen LogP contribution in [0.15, 0.2) is 11.1 Å².